The van der Waals surface area contributed by atoms with Crippen LogP contribution in [0.3, 0.4) is 0 Å². The molecule has 0 aromatic carbocycles. The van der Waals surface area contributed by atoms with Gasteiger partial charge in [0.05, 0.1) is 0 Å². The minimum atomic E-state index is -0.819. The zero-order chi connectivity index (χ0) is 57.8. The van der Waals surface area contributed by atoms with Crippen LogP contribution in [0.1, 0.15) is 258 Å². The van der Waals surface area contributed by atoms with Gasteiger partial charge in [-0.25, -0.2) is 0 Å². The van der Waals surface area contributed by atoms with Crippen molar-refractivity contribution < 1.29 is 28.6 Å². The van der Waals surface area contributed by atoms with E-state index in [1.54, 1.807) is 0 Å². The lowest BCUT2D eigenvalue weighted by atomic mass is 10.0. The summed E-state index contributed by atoms with van der Waals surface area (Å²) in [7, 11) is 0. The van der Waals surface area contributed by atoms with Crippen LogP contribution in [0.25, 0.3) is 0 Å². The molecule has 1 unspecified atom stereocenters. The molecular formula is C74H116O6. The summed E-state index contributed by atoms with van der Waals surface area (Å²) in [6.07, 6.45) is 97.8. The minimum absolute atomic E-state index is 0.108. The molecule has 0 saturated carbocycles. The molecule has 0 N–H and O–H groups in total. The molecule has 448 valence electrons. The second-order valence-corrected chi connectivity index (χ2v) is 20.6. The van der Waals surface area contributed by atoms with Gasteiger partial charge in [-0.3, -0.25) is 14.4 Å². The Morgan fingerprint density at radius 1 is 0.263 bits per heavy atom. The van der Waals surface area contributed by atoms with Gasteiger partial charge in [-0.2, -0.15) is 0 Å². The van der Waals surface area contributed by atoms with Crippen LogP contribution in [-0.2, 0) is 28.6 Å². The summed E-state index contributed by atoms with van der Waals surface area (Å²) in [5, 5.41) is 0. The van der Waals surface area contributed by atoms with E-state index >= 15 is 0 Å². The molecular weight excluding hydrogens is 985 g/mol. The van der Waals surface area contributed by atoms with E-state index in [1.807, 2.05) is 0 Å². The molecule has 0 saturated heterocycles. The second kappa shape index (κ2) is 66.3. The van der Waals surface area contributed by atoms with Crippen molar-refractivity contribution >= 4 is 17.9 Å². The number of ether oxygens (including phenoxy) is 3. The predicted octanol–water partition coefficient (Wildman–Crippen LogP) is 22.3. The smallest absolute Gasteiger partial charge is 0.306 e. The SMILES string of the molecule is CC/C=C\C/C=C\C/C=C\C/C=C\C/C=C\C/C=C\C/C=C\C/C=C\CCCCC(=O)OCC(COC(=O)CCCCCCCCCCCCCC)OC(=O)CCCCCC/C=C\C/C=C\C/C=C\C/C=C\C/C=C\C/C=C\CC. The Morgan fingerprint density at radius 2 is 0.487 bits per heavy atom. The highest BCUT2D eigenvalue weighted by Gasteiger charge is 2.19. The number of rotatable bonds is 56. The van der Waals surface area contributed by atoms with Gasteiger partial charge in [0, 0.05) is 19.3 Å². The average Bonchev–Trinajstić information content (AvgIpc) is 3.46. The van der Waals surface area contributed by atoms with Gasteiger partial charge in [-0.05, 0) is 135 Å². The largest absolute Gasteiger partial charge is 0.462 e. The van der Waals surface area contributed by atoms with E-state index in [2.05, 4.69) is 191 Å². The molecule has 0 fully saturated rings. The number of unbranched alkanes of at least 4 members (excludes halogenated alkanes) is 17. The molecule has 0 spiro atoms. The number of carbonyl (C=O) groups excluding carboxylic acids is 3. The van der Waals surface area contributed by atoms with Crippen LogP contribution in [0.15, 0.2) is 170 Å². The van der Waals surface area contributed by atoms with Gasteiger partial charge in [-0.1, -0.05) is 274 Å². The van der Waals surface area contributed by atoms with Gasteiger partial charge in [-0.15, -0.1) is 0 Å². The molecule has 0 aliphatic rings. The van der Waals surface area contributed by atoms with E-state index in [0.717, 1.165) is 154 Å². The summed E-state index contributed by atoms with van der Waals surface area (Å²) in [6, 6.07) is 0. The van der Waals surface area contributed by atoms with Gasteiger partial charge >= 0.3 is 17.9 Å². The molecule has 0 aromatic heterocycles. The maximum atomic E-state index is 12.9. The Balaban J connectivity index is 4.49. The van der Waals surface area contributed by atoms with Crippen LogP contribution in [0.4, 0.5) is 0 Å². The van der Waals surface area contributed by atoms with Crippen molar-refractivity contribution in [1.29, 1.82) is 0 Å². The Kier molecular flexibility index (Phi) is 61.9. The lowest BCUT2D eigenvalue weighted by Gasteiger charge is -2.18. The first kappa shape index (κ1) is 74.8. The maximum Gasteiger partial charge on any atom is 0.306 e. The van der Waals surface area contributed by atoms with Crippen LogP contribution in [-0.4, -0.2) is 37.2 Å². The van der Waals surface area contributed by atoms with Crippen molar-refractivity contribution in [2.45, 2.75) is 264 Å². The van der Waals surface area contributed by atoms with E-state index < -0.39 is 6.10 Å². The third-order valence-corrected chi connectivity index (χ3v) is 13.0. The van der Waals surface area contributed by atoms with E-state index in [0.29, 0.717) is 12.8 Å². The van der Waals surface area contributed by atoms with Crippen molar-refractivity contribution in [1.82, 2.24) is 0 Å². The Labute approximate surface area is 492 Å². The molecule has 0 aliphatic carbocycles. The van der Waals surface area contributed by atoms with Crippen LogP contribution < -0.4 is 0 Å². The fourth-order valence-electron chi connectivity index (χ4n) is 8.23. The number of hydrogen-bond acceptors (Lipinski definition) is 6. The highest BCUT2D eigenvalue weighted by Crippen LogP contribution is 2.14. The van der Waals surface area contributed by atoms with Crippen molar-refractivity contribution in [2.24, 2.45) is 0 Å². The summed E-state index contributed by atoms with van der Waals surface area (Å²) in [5.41, 5.74) is 0. The lowest BCUT2D eigenvalue weighted by Crippen LogP contribution is -2.30. The van der Waals surface area contributed by atoms with Crippen molar-refractivity contribution in [3.8, 4) is 0 Å². The monoisotopic (exact) mass is 1100 g/mol. The molecule has 0 aromatic rings. The van der Waals surface area contributed by atoms with Crippen LogP contribution >= 0.6 is 0 Å². The third kappa shape index (κ3) is 63.6. The van der Waals surface area contributed by atoms with Gasteiger partial charge < -0.3 is 14.2 Å². The number of allylic oxidation sites excluding steroid dienone is 28. The first-order valence-electron chi connectivity index (χ1n) is 32.1. The molecule has 0 radical (unpaired) electrons. The molecule has 6 heteroatoms. The van der Waals surface area contributed by atoms with Crippen molar-refractivity contribution in [3.05, 3.63) is 170 Å². The summed E-state index contributed by atoms with van der Waals surface area (Å²) in [6.45, 7) is 6.34. The molecule has 6 nitrogen and oxygen atoms in total. The molecule has 0 heterocycles. The van der Waals surface area contributed by atoms with Gasteiger partial charge in [0.15, 0.2) is 6.10 Å². The fourth-order valence-corrected chi connectivity index (χ4v) is 8.23. The normalized spacial score (nSPS) is 13.3. The molecule has 80 heavy (non-hydrogen) atoms. The van der Waals surface area contributed by atoms with E-state index in [1.165, 1.54) is 57.8 Å². The topological polar surface area (TPSA) is 78.9 Å². The van der Waals surface area contributed by atoms with Gasteiger partial charge in [0.1, 0.15) is 13.2 Å². The number of carbonyl (C=O) groups is 3. The van der Waals surface area contributed by atoms with Crippen LogP contribution in [0, 0.1) is 0 Å². The number of esters is 3. The molecule has 0 rings (SSSR count). The molecule has 0 aliphatic heterocycles. The maximum absolute atomic E-state index is 12.9. The lowest BCUT2D eigenvalue weighted by molar-refractivity contribution is -0.167. The summed E-state index contributed by atoms with van der Waals surface area (Å²) >= 11 is 0. The zero-order valence-electron chi connectivity index (χ0n) is 51.3. The van der Waals surface area contributed by atoms with Gasteiger partial charge in [0.25, 0.3) is 0 Å². The van der Waals surface area contributed by atoms with Crippen molar-refractivity contribution in [3.63, 3.8) is 0 Å². The summed E-state index contributed by atoms with van der Waals surface area (Å²) in [4.78, 5) is 38.3. The standard InChI is InChI=1S/C74H116O6/c1-4-7-10-13-16-19-22-25-27-29-31-33-35-36-37-38-40-41-43-45-47-49-52-55-58-61-64-67-73(76)79-70-71(69-78-72(75)66-63-60-57-54-51-24-21-18-15-12-9-6-3)80-74(77)68-65-62-59-56-53-50-48-46-44-42-39-34-32-30-28-26-23-20-17-14-11-8-5-2/h7-8,10-11,16-17,19-20,25-28,31-34,36-37,40-42,44-45,47-48,50,52,55,71H,4-6,9,12-15,18,21-24,29-30,35,38-39,43,46,49,51,53-54,56-70H2,1-3H3/b10-7-,11-8-,19-16-,20-17-,27-25-,28-26-,33-31-,34-32-,37-36-,41-40-,44-42-,47-45-,50-48-,55-52-. The zero-order valence-corrected chi connectivity index (χ0v) is 51.3. The van der Waals surface area contributed by atoms with E-state index in [9.17, 15) is 14.4 Å². The summed E-state index contributed by atoms with van der Waals surface area (Å²) < 4.78 is 16.9. The molecule has 1 atom stereocenters. The van der Waals surface area contributed by atoms with E-state index in [4.69, 9.17) is 14.2 Å². The first-order chi connectivity index (χ1) is 39.5. The van der Waals surface area contributed by atoms with Crippen molar-refractivity contribution in [2.75, 3.05) is 13.2 Å². The third-order valence-electron chi connectivity index (χ3n) is 13.0. The summed E-state index contributed by atoms with van der Waals surface area (Å²) in [5.74, 6) is -0.984. The predicted molar refractivity (Wildman–Crippen MR) is 348 cm³/mol. The molecule has 0 amide bonds. The quantitative estimate of drug-likeness (QED) is 0.0261. The second-order valence-electron chi connectivity index (χ2n) is 20.6. The Morgan fingerprint density at radius 3 is 0.787 bits per heavy atom. The highest BCUT2D eigenvalue weighted by molar-refractivity contribution is 5.71. The Hall–Kier alpha value is -5.23. The fraction of sp³-hybridized carbons (Fsp3) is 0.581. The molecule has 0 bridgehead atoms. The highest BCUT2D eigenvalue weighted by atomic mass is 16.6. The van der Waals surface area contributed by atoms with Crippen LogP contribution in [0.5, 0.6) is 0 Å². The average molecular weight is 1100 g/mol. The Bertz CT molecular complexity index is 1840. The minimum Gasteiger partial charge on any atom is -0.462 e. The first-order valence-corrected chi connectivity index (χ1v) is 32.1. The number of hydrogen-bond donors (Lipinski definition) is 0. The van der Waals surface area contributed by atoms with E-state index in [-0.39, 0.29) is 44.0 Å². The van der Waals surface area contributed by atoms with Crippen LogP contribution in [0.2, 0.25) is 0 Å². The van der Waals surface area contributed by atoms with Gasteiger partial charge in [0.2, 0.25) is 0 Å².